The number of halogens is 1. The van der Waals surface area contributed by atoms with Crippen molar-refractivity contribution in [1.82, 2.24) is 4.31 Å². The number of rotatable bonds is 7. The second kappa shape index (κ2) is 10.0. The quantitative estimate of drug-likeness (QED) is 0.466. The average molecular weight is 540 g/mol. The molecule has 0 bridgehead atoms. The predicted molar refractivity (Wildman–Crippen MR) is 133 cm³/mol. The first-order valence-corrected chi connectivity index (χ1v) is 14.6. The summed E-state index contributed by atoms with van der Waals surface area (Å²) < 4.78 is 54.9. The van der Waals surface area contributed by atoms with Gasteiger partial charge in [0, 0.05) is 23.8 Å². The zero-order chi connectivity index (χ0) is 24.3. The smallest absolute Gasteiger partial charge is 0.261 e. The van der Waals surface area contributed by atoms with Crippen LogP contribution in [0.15, 0.2) is 75.1 Å². The number of nitrogens with zero attached hydrogens (tertiary/aromatic N) is 1. The summed E-state index contributed by atoms with van der Waals surface area (Å²) in [4.78, 5) is 12.8. The van der Waals surface area contributed by atoms with Gasteiger partial charge in [-0.2, -0.15) is 4.31 Å². The van der Waals surface area contributed by atoms with Crippen LogP contribution in [-0.4, -0.2) is 40.1 Å². The van der Waals surface area contributed by atoms with Gasteiger partial charge in [0.05, 0.1) is 16.5 Å². The van der Waals surface area contributed by atoms with E-state index in [9.17, 15) is 21.6 Å². The van der Waals surface area contributed by atoms with Gasteiger partial charge in [0.25, 0.3) is 20.0 Å². The van der Waals surface area contributed by atoms with Crippen molar-refractivity contribution in [3.63, 3.8) is 0 Å². The minimum atomic E-state index is -3.83. The minimum absolute atomic E-state index is 0.0244. The van der Waals surface area contributed by atoms with E-state index < -0.39 is 26.0 Å². The molecule has 1 saturated heterocycles. The molecule has 1 aliphatic heterocycles. The second-order valence-electron chi connectivity index (χ2n) is 7.76. The summed E-state index contributed by atoms with van der Waals surface area (Å²) in [7, 11) is -7.45. The molecule has 0 saturated carbocycles. The summed E-state index contributed by atoms with van der Waals surface area (Å²) in [6, 6.07) is 15.4. The topological polar surface area (TPSA) is 113 Å². The molecule has 8 nitrogen and oxygen atoms in total. The number of carbonyl (C=O) groups is 1. The van der Waals surface area contributed by atoms with Crippen LogP contribution in [0.1, 0.15) is 12.8 Å². The van der Waals surface area contributed by atoms with Gasteiger partial charge >= 0.3 is 0 Å². The molecule has 2 N–H and O–H groups in total. The summed E-state index contributed by atoms with van der Waals surface area (Å²) in [6.45, 7) is 0.471. The average Bonchev–Trinajstić information content (AvgIpc) is 3.35. The number of carbonyl (C=O) groups excluding carboxylic acids is 1. The van der Waals surface area contributed by atoms with Gasteiger partial charge in [0.1, 0.15) is 4.21 Å². The fourth-order valence-electron chi connectivity index (χ4n) is 3.64. The number of piperidine rings is 1. The molecule has 0 spiro atoms. The molecule has 1 atom stereocenters. The highest BCUT2D eigenvalue weighted by Crippen LogP contribution is 2.27. The summed E-state index contributed by atoms with van der Waals surface area (Å²) in [6.07, 6.45) is 1.15. The van der Waals surface area contributed by atoms with Gasteiger partial charge in [-0.05, 0) is 66.8 Å². The summed E-state index contributed by atoms with van der Waals surface area (Å²) in [5.41, 5.74) is 0.758. The standard InChI is InChI=1S/C22H22ClN3O5S3/c23-17-5-1-6-19(14-17)25-33(28,29)20-10-8-18(9-11-20)24-22(27)16-4-2-12-26(15-16)34(30,31)21-7-3-13-32-21/h1,3,5-11,13-14,16,25H,2,4,12,15H2,(H,24,27)/t16-/m1/s1. The third-order valence-corrected chi connectivity index (χ3v) is 10.2. The lowest BCUT2D eigenvalue weighted by Crippen LogP contribution is -2.43. The number of hydrogen-bond acceptors (Lipinski definition) is 6. The lowest BCUT2D eigenvalue weighted by atomic mass is 9.99. The monoisotopic (exact) mass is 539 g/mol. The second-order valence-corrected chi connectivity index (χ2v) is 13.0. The fourth-order valence-corrected chi connectivity index (χ4v) is 7.55. The number of sulfonamides is 2. The largest absolute Gasteiger partial charge is 0.326 e. The minimum Gasteiger partial charge on any atom is -0.326 e. The van der Waals surface area contributed by atoms with E-state index in [0.29, 0.717) is 35.8 Å². The van der Waals surface area contributed by atoms with Gasteiger partial charge in [-0.25, -0.2) is 16.8 Å². The molecule has 1 fully saturated rings. The van der Waals surface area contributed by atoms with Gasteiger partial charge in [-0.1, -0.05) is 23.7 Å². The summed E-state index contributed by atoms with van der Waals surface area (Å²) in [5, 5.41) is 4.87. The van der Waals surface area contributed by atoms with E-state index >= 15 is 0 Å². The number of benzene rings is 2. The highest BCUT2D eigenvalue weighted by Gasteiger charge is 2.33. The Bertz CT molecular complexity index is 1380. The Kier molecular flexibility index (Phi) is 7.29. The van der Waals surface area contributed by atoms with Crippen LogP contribution in [0.4, 0.5) is 11.4 Å². The zero-order valence-electron chi connectivity index (χ0n) is 17.8. The van der Waals surface area contributed by atoms with E-state index in [1.165, 1.54) is 34.6 Å². The van der Waals surface area contributed by atoms with Crippen LogP contribution in [0.2, 0.25) is 5.02 Å². The molecule has 1 amide bonds. The number of amides is 1. The van der Waals surface area contributed by atoms with E-state index in [-0.39, 0.29) is 21.6 Å². The molecule has 4 rings (SSSR count). The summed E-state index contributed by atoms with van der Waals surface area (Å²) in [5.74, 6) is -0.810. The lowest BCUT2D eigenvalue weighted by Gasteiger charge is -2.30. The van der Waals surface area contributed by atoms with E-state index in [2.05, 4.69) is 10.0 Å². The first-order chi connectivity index (χ1) is 16.1. The first kappa shape index (κ1) is 24.7. The molecule has 34 heavy (non-hydrogen) atoms. The molecule has 1 aromatic heterocycles. The molecule has 3 aromatic rings. The van der Waals surface area contributed by atoms with Crippen molar-refractivity contribution in [3.05, 3.63) is 71.1 Å². The number of anilines is 2. The maximum Gasteiger partial charge on any atom is 0.261 e. The molecule has 0 unspecified atom stereocenters. The third kappa shape index (κ3) is 5.61. The molecule has 0 aliphatic carbocycles. The van der Waals surface area contributed by atoms with E-state index in [1.54, 1.807) is 35.7 Å². The van der Waals surface area contributed by atoms with E-state index in [1.807, 2.05) is 0 Å². The van der Waals surface area contributed by atoms with Crippen LogP contribution in [0.25, 0.3) is 0 Å². The maximum atomic E-state index is 12.8. The van der Waals surface area contributed by atoms with Crippen LogP contribution >= 0.6 is 22.9 Å². The van der Waals surface area contributed by atoms with Crippen molar-refractivity contribution in [2.24, 2.45) is 5.92 Å². The van der Waals surface area contributed by atoms with E-state index in [0.717, 1.165) is 11.3 Å². The normalized spacial score (nSPS) is 17.3. The van der Waals surface area contributed by atoms with E-state index in [4.69, 9.17) is 11.6 Å². The van der Waals surface area contributed by atoms with Crippen LogP contribution in [0.5, 0.6) is 0 Å². The molecular weight excluding hydrogens is 518 g/mol. The van der Waals surface area contributed by atoms with Crippen molar-refractivity contribution >= 4 is 60.3 Å². The Morgan fingerprint density at radius 1 is 1.00 bits per heavy atom. The first-order valence-electron chi connectivity index (χ1n) is 10.4. The molecule has 0 radical (unpaired) electrons. The number of thiophene rings is 1. The molecule has 2 aromatic carbocycles. The Labute approximate surface area is 207 Å². The predicted octanol–water partition coefficient (Wildman–Crippen LogP) is 4.24. The number of nitrogens with one attached hydrogen (secondary N) is 2. The SMILES string of the molecule is O=C(Nc1ccc(S(=O)(=O)Nc2cccc(Cl)c2)cc1)[C@@H]1CCCN(S(=O)(=O)c2cccs2)C1. The van der Waals surface area contributed by atoms with Gasteiger partial charge in [0.15, 0.2) is 0 Å². The van der Waals surface area contributed by atoms with Crippen LogP contribution in [-0.2, 0) is 24.8 Å². The van der Waals surface area contributed by atoms with Crippen LogP contribution in [0, 0.1) is 5.92 Å². The van der Waals surface area contributed by atoms with Crippen LogP contribution < -0.4 is 10.0 Å². The van der Waals surface area contributed by atoms with Gasteiger partial charge < -0.3 is 5.32 Å². The zero-order valence-corrected chi connectivity index (χ0v) is 21.1. The molecule has 180 valence electrons. The fraction of sp³-hybridized carbons (Fsp3) is 0.227. The van der Waals surface area contributed by atoms with Crippen molar-refractivity contribution in [2.75, 3.05) is 23.1 Å². The Morgan fingerprint density at radius 3 is 2.44 bits per heavy atom. The Morgan fingerprint density at radius 2 is 1.76 bits per heavy atom. The maximum absolute atomic E-state index is 12.8. The van der Waals surface area contributed by atoms with Crippen molar-refractivity contribution in [3.8, 4) is 0 Å². The highest BCUT2D eigenvalue weighted by atomic mass is 35.5. The van der Waals surface area contributed by atoms with Crippen LogP contribution in [0.3, 0.4) is 0 Å². The van der Waals surface area contributed by atoms with Gasteiger partial charge in [-0.15, -0.1) is 11.3 Å². The van der Waals surface area contributed by atoms with Crippen molar-refractivity contribution in [2.45, 2.75) is 21.9 Å². The molecule has 1 aliphatic rings. The van der Waals surface area contributed by atoms with Gasteiger partial charge in [0.2, 0.25) is 5.91 Å². The molecule has 12 heteroatoms. The van der Waals surface area contributed by atoms with Crippen molar-refractivity contribution in [1.29, 1.82) is 0 Å². The highest BCUT2D eigenvalue weighted by molar-refractivity contribution is 7.92. The molecule has 2 heterocycles. The third-order valence-electron chi connectivity index (χ3n) is 5.35. The van der Waals surface area contributed by atoms with Crippen molar-refractivity contribution < 1.29 is 21.6 Å². The summed E-state index contributed by atoms with van der Waals surface area (Å²) >= 11 is 7.05. The Hall–Kier alpha value is -2.44. The number of hydrogen-bond donors (Lipinski definition) is 2. The molecular formula is C22H22ClN3O5S3. The Balaban J connectivity index is 1.40. The lowest BCUT2D eigenvalue weighted by molar-refractivity contribution is -0.120. The van der Waals surface area contributed by atoms with Gasteiger partial charge in [-0.3, -0.25) is 9.52 Å².